The highest BCUT2D eigenvalue weighted by Gasteiger charge is 2.41. The zero-order valence-electron chi connectivity index (χ0n) is 12.0. The van der Waals surface area contributed by atoms with Crippen molar-refractivity contribution in [1.82, 2.24) is 5.32 Å². The van der Waals surface area contributed by atoms with Crippen molar-refractivity contribution < 1.29 is 19.8 Å². The van der Waals surface area contributed by atoms with Crippen molar-refractivity contribution in [3.63, 3.8) is 0 Å². The van der Waals surface area contributed by atoms with Crippen LogP contribution in [-0.4, -0.2) is 28.7 Å². The molecule has 1 aliphatic carbocycles. The Kier molecular flexibility index (Phi) is 4.96. The lowest BCUT2D eigenvalue weighted by molar-refractivity contribution is -0.146. The highest BCUT2D eigenvalue weighted by atomic mass is 16.4. The van der Waals surface area contributed by atoms with Crippen molar-refractivity contribution in [2.24, 2.45) is 17.8 Å². The molecular formula is C16H21NO4. The van der Waals surface area contributed by atoms with Crippen molar-refractivity contribution in [1.29, 1.82) is 0 Å². The number of nitrogens with one attached hydrogen (secondary N) is 1. The maximum absolute atomic E-state index is 12.4. The molecule has 4 atom stereocenters. The molecule has 0 saturated heterocycles. The predicted octanol–water partition coefficient (Wildman–Crippen LogP) is 1.58. The monoisotopic (exact) mass is 291 g/mol. The van der Waals surface area contributed by atoms with E-state index >= 15 is 0 Å². The molecular weight excluding hydrogens is 270 g/mol. The first-order chi connectivity index (χ1) is 10.0. The molecule has 0 spiro atoms. The van der Waals surface area contributed by atoms with E-state index in [2.05, 4.69) is 5.32 Å². The van der Waals surface area contributed by atoms with Gasteiger partial charge in [-0.05, 0) is 24.3 Å². The van der Waals surface area contributed by atoms with Gasteiger partial charge in [-0.25, -0.2) is 0 Å². The van der Waals surface area contributed by atoms with Gasteiger partial charge in [0.15, 0.2) is 0 Å². The van der Waals surface area contributed by atoms with Gasteiger partial charge in [-0.2, -0.15) is 0 Å². The molecule has 1 aromatic rings. The summed E-state index contributed by atoms with van der Waals surface area (Å²) in [5.74, 6) is -2.12. The van der Waals surface area contributed by atoms with Crippen LogP contribution < -0.4 is 5.32 Å². The minimum atomic E-state index is -0.917. The molecule has 0 bridgehead atoms. The van der Waals surface area contributed by atoms with Crippen molar-refractivity contribution in [2.45, 2.75) is 25.8 Å². The van der Waals surface area contributed by atoms with Crippen LogP contribution in [0.4, 0.5) is 0 Å². The average molecular weight is 291 g/mol. The number of benzene rings is 1. The first-order valence-electron chi connectivity index (χ1n) is 7.22. The highest BCUT2D eigenvalue weighted by Crippen LogP contribution is 2.36. The molecule has 0 aliphatic heterocycles. The fraction of sp³-hybridized carbons (Fsp3) is 0.500. The zero-order chi connectivity index (χ0) is 15.4. The molecule has 5 nitrogen and oxygen atoms in total. The summed E-state index contributed by atoms with van der Waals surface area (Å²) < 4.78 is 0. The molecule has 0 heterocycles. The smallest absolute Gasteiger partial charge is 0.307 e. The quantitative estimate of drug-likeness (QED) is 0.769. The van der Waals surface area contributed by atoms with Crippen LogP contribution in [-0.2, 0) is 9.59 Å². The Hall–Kier alpha value is -1.88. The van der Waals surface area contributed by atoms with Gasteiger partial charge in [-0.15, -0.1) is 0 Å². The summed E-state index contributed by atoms with van der Waals surface area (Å²) in [5.41, 5.74) is 0.811. The standard InChI is InChI=1S/C16H21NO4/c1-10-7-12(13(8-10)16(20)21)15(19)17-14(9-18)11-5-3-2-4-6-11/h2-6,10,12-14,18H,7-9H2,1H3,(H,17,19)(H,20,21)/t10?,12-,13+,14+/m0/s1. The Bertz CT molecular complexity index is 502. The molecule has 0 radical (unpaired) electrons. The Balaban J connectivity index is 2.07. The molecule has 2 rings (SSSR count). The van der Waals surface area contributed by atoms with E-state index in [4.69, 9.17) is 0 Å². The average Bonchev–Trinajstić information content (AvgIpc) is 2.88. The van der Waals surface area contributed by atoms with E-state index in [0.717, 1.165) is 5.56 Å². The predicted molar refractivity (Wildman–Crippen MR) is 77.4 cm³/mol. The first kappa shape index (κ1) is 15.5. The number of carboxylic acids is 1. The molecule has 5 heteroatoms. The maximum atomic E-state index is 12.4. The number of aliphatic hydroxyl groups is 1. The first-order valence-corrected chi connectivity index (χ1v) is 7.22. The molecule has 1 unspecified atom stereocenters. The summed E-state index contributed by atoms with van der Waals surface area (Å²) in [6, 6.07) is 8.69. The summed E-state index contributed by atoms with van der Waals surface area (Å²) in [5, 5.41) is 21.5. The van der Waals surface area contributed by atoms with Crippen molar-refractivity contribution in [3.8, 4) is 0 Å². The second-order valence-corrected chi connectivity index (χ2v) is 5.78. The summed E-state index contributed by atoms with van der Waals surface area (Å²) in [6.07, 6.45) is 1.11. The Labute approximate surface area is 124 Å². The molecule has 1 saturated carbocycles. The lowest BCUT2D eigenvalue weighted by atomic mass is 9.94. The van der Waals surface area contributed by atoms with Crippen LogP contribution in [0.15, 0.2) is 30.3 Å². The molecule has 3 N–H and O–H groups in total. The van der Waals surface area contributed by atoms with Gasteiger partial charge in [-0.1, -0.05) is 37.3 Å². The van der Waals surface area contributed by atoms with Crippen LogP contribution in [0.1, 0.15) is 31.4 Å². The fourth-order valence-electron chi connectivity index (χ4n) is 3.05. The van der Waals surface area contributed by atoms with Gasteiger partial charge in [0.25, 0.3) is 0 Å². The fourth-order valence-corrected chi connectivity index (χ4v) is 3.05. The topological polar surface area (TPSA) is 86.6 Å². The van der Waals surface area contributed by atoms with Crippen molar-refractivity contribution in [3.05, 3.63) is 35.9 Å². The largest absolute Gasteiger partial charge is 0.481 e. The van der Waals surface area contributed by atoms with Gasteiger partial charge in [-0.3, -0.25) is 9.59 Å². The number of rotatable bonds is 5. The highest BCUT2D eigenvalue weighted by molar-refractivity contribution is 5.85. The number of aliphatic hydroxyl groups excluding tert-OH is 1. The number of hydrogen-bond donors (Lipinski definition) is 3. The van der Waals surface area contributed by atoms with Gasteiger partial charge >= 0.3 is 5.97 Å². The maximum Gasteiger partial charge on any atom is 0.307 e. The normalized spacial score (nSPS) is 26.3. The second-order valence-electron chi connectivity index (χ2n) is 5.78. The number of carbonyl (C=O) groups excluding carboxylic acids is 1. The number of hydrogen-bond acceptors (Lipinski definition) is 3. The van der Waals surface area contributed by atoms with E-state index < -0.39 is 23.8 Å². The van der Waals surface area contributed by atoms with E-state index in [1.165, 1.54) is 0 Å². The minimum Gasteiger partial charge on any atom is -0.481 e. The molecule has 0 aromatic heterocycles. The second kappa shape index (κ2) is 6.72. The lowest BCUT2D eigenvalue weighted by Crippen LogP contribution is -2.38. The van der Waals surface area contributed by atoms with Crippen LogP contribution in [0, 0.1) is 17.8 Å². The van der Waals surface area contributed by atoms with E-state index in [1.807, 2.05) is 37.3 Å². The third kappa shape index (κ3) is 3.61. The summed E-state index contributed by atoms with van der Waals surface area (Å²) in [4.78, 5) is 23.6. The van der Waals surface area contributed by atoms with Crippen LogP contribution in [0.2, 0.25) is 0 Å². The minimum absolute atomic E-state index is 0.213. The number of carbonyl (C=O) groups is 2. The van der Waals surface area contributed by atoms with Gasteiger partial charge in [0.2, 0.25) is 5.91 Å². The van der Waals surface area contributed by atoms with Gasteiger partial charge in [0, 0.05) is 0 Å². The van der Waals surface area contributed by atoms with Gasteiger partial charge in [0.1, 0.15) is 0 Å². The zero-order valence-corrected chi connectivity index (χ0v) is 12.0. The van der Waals surface area contributed by atoms with Crippen LogP contribution in [0.25, 0.3) is 0 Å². The number of aliphatic carboxylic acids is 1. The SMILES string of the molecule is CC1C[C@H](C(=O)N[C@H](CO)c2ccccc2)[C@H](C(=O)O)C1. The van der Waals surface area contributed by atoms with Crippen molar-refractivity contribution in [2.75, 3.05) is 6.61 Å². The molecule has 1 fully saturated rings. The molecule has 114 valence electrons. The van der Waals surface area contributed by atoms with E-state index in [1.54, 1.807) is 0 Å². The summed E-state index contributed by atoms with van der Waals surface area (Å²) in [6.45, 7) is 1.75. The van der Waals surface area contributed by atoms with Crippen molar-refractivity contribution >= 4 is 11.9 Å². The molecule has 1 aromatic carbocycles. The Morgan fingerprint density at radius 1 is 1.24 bits per heavy atom. The molecule has 21 heavy (non-hydrogen) atoms. The summed E-state index contributed by atoms with van der Waals surface area (Å²) >= 11 is 0. The van der Waals surface area contributed by atoms with E-state index in [9.17, 15) is 19.8 Å². The number of carboxylic acid groups (broad SMARTS) is 1. The van der Waals surface area contributed by atoms with Crippen LogP contribution in [0.5, 0.6) is 0 Å². The lowest BCUT2D eigenvalue weighted by Gasteiger charge is -2.21. The van der Waals surface area contributed by atoms with Gasteiger partial charge in [0.05, 0.1) is 24.5 Å². The third-order valence-corrected chi connectivity index (χ3v) is 4.15. The van der Waals surface area contributed by atoms with E-state index in [0.29, 0.717) is 12.8 Å². The van der Waals surface area contributed by atoms with Crippen LogP contribution in [0.3, 0.4) is 0 Å². The van der Waals surface area contributed by atoms with Crippen LogP contribution >= 0.6 is 0 Å². The third-order valence-electron chi connectivity index (χ3n) is 4.15. The summed E-state index contributed by atoms with van der Waals surface area (Å²) in [7, 11) is 0. The van der Waals surface area contributed by atoms with E-state index in [-0.39, 0.29) is 18.4 Å². The molecule has 1 aliphatic rings. The molecule has 1 amide bonds. The van der Waals surface area contributed by atoms with Gasteiger partial charge < -0.3 is 15.5 Å². The number of amides is 1. The Morgan fingerprint density at radius 2 is 1.86 bits per heavy atom. The Morgan fingerprint density at radius 3 is 2.43 bits per heavy atom.